The molecule has 4 rings (SSSR count). The van der Waals surface area contributed by atoms with Crippen molar-refractivity contribution in [1.29, 1.82) is 0 Å². The normalized spacial score (nSPS) is 21.4. The number of amidine groups is 1. The molecule has 6 nitrogen and oxygen atoms in total. The van der Waals surface area contributed by atoms with Crippen molar-refractivity contribution in [3.8, 4) is 11.3 Å². The van der Waals surface area contributed by atoms with Crippen LogP contribution in [0.5, 0.6) is 0 Å². The smallest absolute Gasteiger partial charge is 0.299 e. The summed E-state index contributed by atoms with van der Waals surface area (Å²) in [4.78, 5) is 8.74. The van der Waals surface area contributed by atoms with Crippen LogP contribution in [0.15, 0.2) is 77.9 Å². The third kappa shape index (κ3) is 4.36. The standard InChI is InChI=1S/C24H24FN3O3S/c1-16(19-11-7-8-12-20(19)25)27-23-28-32(29,30)22(24(2,3)31-23)18-13-14-21(26-15-18)17-9-5-4-6-10-17/h4-16,22H,1-3H3,(H,27,28). The summed E-state index contributed by atoms with van der Waals surface area (Å²) in [6.07, 6.45) is 1.56. The molecule has 8 heteroatoms. The minimum Gasteiger partial charge on any atom is -0.457 e. The van der Waals surface area contributed by atoms with E-state index in [4.69, 9.17) is 4.74 Å². The lowest BCUT2D eigenvalue weighted by Crippen LogP contribution is -2.53. The number of ether oxygens (including phenoxy) is 1. The number of pyridine rings is 1. The molecule has 1 fully saturated rings. The van der Waals surface area contributed by atoms with Gasteiger partial charge in [0.2, 0.25) is 10.0 Å². The van der Waals surface area contributed by atoms with Crippen molar-refractivity contribution < 1.29 is 17.5 Å². The first-order valence-electron chi connectivity index (χ1n) is 10.2. The second-order valence-electron chi connectivity index (χ2n) is 8.21. The Morgan fingerprint density at radius 1 is 1.06 bits per heavy atom. The maximum atomic E-state index is 14.1. The molecule has 0 saturated carbocycles. The second-order valence-corrected chi connectivity index (χ2v) is 9.97. The van der Waals surface area contributed by atoms with Crippen molar-refractivity contribution in [2.24, 2.45) is 4.99 Å². The van der Waals surface area contributed by atoms with Crippen LogP contribution in [0.25, 0.3) is 11.3 Å². The average molecular weight is 454 g/mol. The minimum absolute atomic E-state index is 0.157. The van der Waals surface area contributed by atoms with Crippen LogP contribution in [0.3, 0.4) is 0 Å². The number of hydrogen-bond donors (Lipinski definition) is 1. The lowest BCUT2D eigenvalue weighted by molar-refractivity contribution is 0.0760. The molecule has 1 aromatic heterocycles. The molecule has 1 saturated heterocycles. The number of nitrogens with zero attached hydrogens (tertiary/aromatic N) is 2. The van der Waals surface area contributed by atoms with Crippen LogP contribution >= 0.6 is 0 Å². The van der Waals surface area contributed by atoms with Crippen molar-refractivity contribution in [1.82, 2.24) is 9.71 Å². The Hall–Kier alpha value is -3.26. The summed E-state index contributed by atoms with van der Waals surface area (Å²) in [6.45, 7) is 5.04. The summed E-state index contributed by atoms with van der Waals surface area (Å²) < 4.78 is 48.8. The van der Waals surface area contributed by atoms with Gasteiger partial charge in [0.1, 0.15) is 16.7 Å². The third-order valence-corrected chi connectivity index (χ3v) is 7.28. The molecule has 2 heterocycles. The molecule has 3 aromatic rings. The van der Waals surface area contributed by atoms with Crippen molar-refractivity contribution in [3.05, 3.63) is 89.9 Å². The van der Waals surface area contributed by atoms with Gasteiger partial charge in [-0.2, -0.15) is 0 Å². The van der Waals surface area contributed by atoms with E-state index in [9.17, 15) is 12.8 Å². The molecule has 0 amide bonds. The van der Waals surface area contributed by atoms with Gasteiger partial charge >= 0.3 is 0 Å². The number of sulfonamides is 1. The zero-order valence-electron chi connectivity index (χ0n) is 18.0. The van der Waals surface area contributed by atoms with Gasteiger partial charge in [-0.3, -0.25) is 4.98 Å². The van der Waals surface area contributed by atoms with Crippen LogP contribution in [-0.2, 0) is 14.8 Å². The fraction of sp³-hybridized carbons (Fsp3) is 0.250. The molecule has 2 unspecified atom stereocenters. The van der Waals surface area contributed by atoms with Crippen molar-refractivity contribution in [3.63, 3.8) is 0 Å². The Morgan fingerprint density at radius 3 is 2.38 bits per heavy atom. The van der Waals surface area contributed by atoms with Crippen LogP contribution in [0.1, 0.15) is 43.2 Å². The molecule has 166 valence electrons. The second kappa shape index (κ2) is 8.35. The Balaban J connectivity index is 1.62. The summed E-state index contributed by atoms with van der Waals surface area (Å²) in [5.74, 6) is -0.412. The molecule has 1 aliphatic rings. The fourth-order valence-electron chi connectivity index (χ4n) is 3.91. The number of benzene rings is 2. The van der Waals surface area contributed by atoms with E-state index in [1.807, 2.05) is 30.3 Å². The molecule has 1 aliphatic heterocycles. The van der Waals surface area contributed by atoms with E-state index in [2.05, 4.69) is 14.7 Å². The van der Waals surface area contributed by atoms with E-state index in [1.54, 1.807) is 57.3 Å². The van der Waals surface area contributed by atoms with Crippen LogP contribution < -0.4 is 4.72 Å². The van der Waals surface area contributed by atoms with E-state index < -0.39 is 32.7 Å². The Bertz CT molecular complexity index is 1240. The van der Waals surface area contributed by atoms with Gasteiger partial charge < -0.3 is 4.74 Å². The van der Waals surface area contributed by atoms with Crippen molar-refractivity contribution >= 4 is 16.0 Å². The average Bonchev–Trinajstić information content (AvgIpc) is 2.73. The van der Waals surface area contributed by atoms with Crippen LogP contribution in [0.4, 0.5) is 4.39 Å². The molecule has 32 heavy (non-hydrogen) atoms. The molecular formula is C24H24FN3O3S. The van der Waals surface area contributed by atoms with E-state index in [0.29, 0.717) is 11.1 Å². The molecule has 2 atom stereocenters. The number of aliphatic imine (C=N–C) groups is 1. The Labute approximate surface area is 187 Å². The van der Waals surface area contributed by atoms with Gasteiger partial charge in [-0.05, 0) is 38.5 Å². The SMILES string of the molecule is CC(N=C1NS(=O)(=O)C(c2ccc(-c3ccccc3)nc2)C(C)(C)O1)c1ccccc1F. The van der Waals surface area contributed by atoms with E-state index in [1.165, 1.54) is 6.07 Å². The summed E-state index contributed by atoms with van der Waals surface area (Å²) in [7, 11) is -3.89. The summed E-state index contributed by atoms with van der Waals surface area (Å²) >= 11 is 0. The first-order valence-corrected chi connectivity index (χ1v) is 11.8. The minimum atomic E-state index is -3.89. The third-order valence-electron chi connectivity index (χ3n) is 5.36. The Kier molecular flexibility index (Phi) is 5.73. The Morgan fingerprint density at radius 2 is 1.75 bits per heavy atom. The lowest BCUT2D eigenvalue weighted by Gasteiger charge is -2.39. The van der Waals surface area contributed by atoms with Crippen molar-refractivity contribution in [2.75, 3.05) is 0 Å². The molecule has 2 aromatic carbocycles. The molecular weight excluding hydrogens is 429 g/mol. The van der Waals surface area contributed by atoms with Crippen LogP contribution in [0, 0.1) is 5.82 Å². The van der Waals surface area contributed by atoms with Gasteiger partial charge in [0.05, 0.1) is 11.7 Å². The highest BCUT2D eigenvalue weighted by atomic mass is 32.2. The number of aromatic nitrogens is 1. The maximum absolute atomic E-state index is 14.1. The van der Waals surface area contributed by atoms with E-state index >= 15 is 0 Å². The monoisotopic (exact) mass is 453 g/mol. The predicted molar refractivity (Wildman–Crippen MR) is 122 cm³/mol. The molecule has 0 aliphatic carbocycles. The number of hydrogen-bond acceptors (Lipinski definition) is 5. The maximum Gasteiger partial charge on any atom is 0.299 e. The van der Waals surface area contributed by atoms with Crippen LogP contribution in [-0.4, -0.2) is 25.0 Å². The van der Waals surface area contributed by atoms with Gasteiger partial charge in [0.25, 0.3) is 6.02 Å². The lowest BCUT2D eigenvalue weighted by atomic mass is 9.98. The van der Waals surface area contributed by atoms with Gasteiger partial charge in [-0.1, -0.05) is 54.6 Å². The van der Waals surface area contributed by atoms with Gasteiger partial charge in [-0.25, -0.2) is 22.5 Å². The summed E-state index contributed by atoms with van der Waals surface area (Å²) in [6, 6.07) is 18.6. The van der Waals surface area contributed by atoms with E-state index in [0.717, 1.165) is 11.3 Å². The van der Waals surface area contributed by atoms with E-state index in [-0.39, 0.29) is 6.02 Å². The topological polar surface area (TPSA) is 80.7 Å². The van der Waals surface area contributed by atoms with Crippen LogP contribution in [0.2, 0.25) is 0 Å². The highest BCUT2D eigenvalue weighted by Crippen LogP contribution is 2.39. The first kappa shape index (κ1) is 22.0. The summed E-state index contributed by atoms with van der Waals surface area (Å²) in [5.41, 5.74) is 1.41. The highest BCUT2D eigenvalue weighted by Gasteiger charge is 2.48. The van der Waals surface area contributed by atoms with Gasteiger partial charge in [0, 0.05) is 17.3 Å². The molecule has 0 spiro atoms. The summed E-state index contributed by atoms with van der Waals surface area (Å²) in [5, 5.41) is -1.00. The predicted octanol–water partition coefficient (Wildman–Crippen LogP) is 4.77. The first-order chi connectivity index (χ1) is 15.2. The highest BCUT2D eigenvalue weighted by molar-refractivity contribution is 7.90. The fourth-order valence-corrected chi connectivity index (χ4v) is 5.66. The van der Waals surface area contributed by atoms with Gasteiger partial charge in [-0.15, -0.1) is 0 Å². The van der Waals surface area contributed by atoms with Gasteiger partial charge in [0.15, 0.2) is 0 Å². The molecule has 0 bridgehead atoms. The zero-order valence-corrected chi connectivity index (χ0v) is 18.8. The zero-order chi connectivity index (χ0) is 22.9. The largest absolute Gasteiger partial charge is 0.457 e. The molecule has 0 radical (unpaired) electrons. The number of rotatable bonds is 4. The van der Waals surface area contributed by atoms with Crippen molar-refractivity contribution in [2.45, 2.75) is 37.7 Å². The quantitative estimate of drug-likeness (QED) is 0.617. The number of halogens is 1. The number of nitrogens with one attached hydrogen (secondary N) is 1. The molecule has 1 N–H and O–H groups in total.